The molecule has 0 atom stereocenters. The zero-order chi connectivity index (χ0) is 19.5. The van der Waals surface area contributed by atoms with Crippen molar-refractivity contribution >= 4 is 0 Å². The van der Waals surface area contributed by atoms with E-state index in [1.165, 1.54) is 0 Å². The monoisotopic (exact) mass is 378 g/mol. The van der Waals surface area contributed by atoms with E-state index in [0.29, 0.717) is 6.54 Å². The molecule has 1 aromatic carbocycles. The predicted octanol–water partition coefficient (Wildman–Crippen LogP) is 2.68. The van der Waals surface area contributed by atoms with Gasteiger partial charge in [0.1, 0.15) is 5.75 Å². The Morgan fingerprint density at radius 3 is 2.64 bits per heavy atom. The van der Waals surface area contributed by atoms with Crippen LogP contribution in [-0.4, -0.2) is 32.9 Å². The van der Waals surface area contributed by atoms with Gasteiger partial charge in [-0.3, -0.25) is 19.4 Å². The minimum absolute atomic E-state index is 0.156. The Kier molecular flexibility index (Phi) is 5.30. The number of hydrogen-bond acceptors (Lipinski definition) is 4. The van der Waals surface area contributed by atoms with Crippen LogP contribution in [0.4, 0.5) is 0 Å². The van der Waals surface area contributed by atoms with Crippen molar-refractivity contribution in [3.8, 4) is 5.75 Å². The maximum Gasteiger partial charge on any atom is 0.270 e. The minimum Gasteiger partial charge on any atom is -0.495 e. The maximum absolute atomic E-state index is 13.0. The van der Waals surface area contributed by atoms with Crippen LogP contribution >= 0.6 is 0 Å². The van der Waals surface area contributed by atoms with E-state index in [1.807, 2.05) is 35.1 Å². The lowest BCUT2D eigenvalue weighted by molar-refractivity contribution is 0.234. The van der Waals surface area contributed by atoms with Gasteiger partial charge in [0, 0.05) is 37.9 Å². The van der Waals surface area contributed by atoms with E-state index < -0.39 is 0 Å². The summed E-state index contributed by atoms with van der Waals surface area (Å²) in [5.41, 5.74) is 4.54. The first-order valence-electron chi connectivity index (χ1n) is 9.75. The van der Waals surface area contributed by atoms with E-state index in [9.17, 15) is 4.79 Å². The third-order valence-electron chi connectivity index (χ3n) is 5.38. The van der Waals surface area contributed by atoms with Gasteiger partial charge >= 0.3 is 0 Å². The molecule has 6 nitrogen and oxygen atoms in total. The number of aromatic nitrogens is 3. The van der Waals surface area contributed by atoms with Crippen LogP contribution in [0, 0.1) is 0 Å². The highest BCUT2D eigenvalue weighted by Crippen LogP contribution is 2.21. The number of nitrogens with zero attached hydrogens (tertiary/aromatic N) is 4. The second-order valence-electron chi connectivity index (χ2n) is 7.18. The molecule has 1 aliphatic rings. The van der Waals surface area contributed by atoms with E-state index in [-0.39, 0.29) is 5.56 Å². The molecular formula is C22H26N4O2. The van der Waals surface area contributed by atoms with Crippen LogP contribution in [0.5, 0.6) is 5.75 Å². The summed E-state index contributed by atoms with van der Waals surface area (Å²) >= 11 is 0. The highest BCUT2D eigenvalue weighted by molar-refractivity contribution is 5.26. The highest BCUT2D eigenvalue weighted by atomic mass is 16.5. The van der Waals surface area contributed by atoms with Gasteiger partial charge in [0.2, 0.25) is 0 Å². The van der Waals surface area contributed by atoms with Crippen LogP contribution in [0.1, 0.15) is 29.3 Å². The summed E-state index contributed by atoms with van der Waals surface area (Å²) in [5, 5.41) is 0. The van der Waals surface area contributed by atoms with Crippen molar-refractivity contribution < 1.29 is 4.74 Å². The number of pyridine rings is 1. The predicted molar refractivity (Wildman–Crippen MR) is 109 cm³/mol. The summed E-state index contributed by atoms with van der Waals surface area (Å²) in [6.45, 7) is 5.94. The normalized spacial score (nSPS) is 14.1. The Bertz CT molecular complexity index is 1010. The van der Waals surface area contributed by atoms with Crippen LogP contribution in [0.25, 0.3) is 0 Å². The Labute approximate surface area is 165 Å². The molecule has 0 saturated heterocycles. The largest absolute Gasteiger partial charge is 0.495 e. The Hall–Kier alpha value is -2.86. The van der Waals surface area contributed by atoms with Crippen LogP contribution in [0.3, 0.4) is 0 Å². The van der Waals surface area contributed by atoms with E-state index in [0.717, 1.165) is 60.7 Å². The number of ether oxygens (including phenoxy) is 1. The molecule has 0 N–H and O–H groups in total. The molecule has 6 heteroatoms. The fourth-order valence-corrected chi connectivity index (χ4v) is 4.01. The van der Waals surface area contributed by atoms with Crippen molar-refractivity contribution in [1.82, 2.24) is 19.2 Å². The molecule has 0 saturated carbocycles. The summed E-state index contributed by atoms with van der Waals surface area (Å²) in [6, 6.07) is 12.2. The van der Waals surface area contributed by atoms with Gasteiger partial charge in [-0.15, -0.1) is 0 Å². The quantitative estimate of drug-likeness (QED) is 0.662. The number of hydrogen-bond donors (Lipinski definition) is 0. The van der Waals surface area contributed by atoms with Gasteiger partial charge in [-0.05, 0) is 30.5 Å². The molecule has 0 amide bonds. The zero-order valence-corrected chi connectivity index (χ0v) is 16.5. The number of fused-ring (bicyclic) bond motifs is 1. The van der Waals surface area contributed by atoms with Crippen molar-refractivity contribution in [2.24, 2.45) is 0 Å². The molecular weight excluding hydrogens is 352 g/mol. The van der Waals surface area contributed by atoms with Gasteiger partial charge in [-0.2, -0.15) is 0 Å². The number of rotatable bonds is 6. The molecule has 146 valence electrons. The summed E-state index contributed by atoms with van der Waals surface area (Å²) in [5.74, 6) is 0.773. The second-order valence-corrected chi connectivity index (χ2v) is 7.18. The number of benzene rings is 1. The molecule has 1 aliphatic heterocycles. The van der Waals surface area contributed by atoms with Crippen molar-refractivity contribution in [2.75, 3.05) is 13.7 Å². The third-order valence-corrected chi connectivity index (χ3v) is 5.38. The van der Waals surface area contributed by atoms with Gasteiger partial charge < -0.3 is 4.74 Å². The van der Waals surface area contributed by atoms with E-state index >= 15 is 0 Å². The number of methoxy groups -OCH3 is 1. The van der Waals surface area contributed by atoms with Crippen LogP contribution in [-0.2, 0) is 32.6 Å². The summed E-state index contributed by atoms with van der Waals surface area (Å²) in [7, 11) is 1.66. The lowest BCUT2D eigenvalue weighted by atomic mass is 10.1. The Morgan fingerprint density at radius 2 is 1.89 bits per heavy atom. The molecule has 0 aliphatic carbocycles. The second kappa shape index (κ2) is 8.02. The van der Waals surface area contributed by atoms with Gasteiger partial charge in [-0.1, -0.05) is 30.3 Å². The van der Waals surface area contributed by atoms with Crippen molar-refractivity contribution in [3.63, 3.8) is 0 Å². The first-order chi connectivity index (χ1) is 13.7. The Morgan fingerprint density at radius 1 is 1.07 bits per heavy atom. The first kappa shape index (κ1) is 18.5. The standard InChI is InChI=1S/C22H26N4O2/c1-3-25-21-16-24(14-18-11-19(28-2)13-23-12-18)10-9-20(21)22(27)26(25)15-17-7-5-4-6-8-17/h4-8,11-13H,3,9-10,14-16H2,1-2H3. The van der Waals surface area contributed by atoms with Crippen LogP contribution in [0.15, 0.2) is 53.6 Å². The lowest BCUT2D eigenvalue weighted by Gasteiger charge is -2.27. The molecule has 28 heavy (non-hydrogen) atoms. The van der Waals surface area contributed by atoms with Crippen LogP contribution < -0.4 is 10.3 Å². The molecule has 2 aromatic heterocycles. The van der Waals surface area contributed by atoms with Crippen molar-refractivity contribution in [1.29, 1.82) is 0 Å². The molecule has 4 rings (SSSR count). The maximum atomic E-state index is 13.0. The smallest absolute Gasteiger partial charge is 0.270 e. The topological polar surface area (TPSA) is 52.3 Å². The van der Waals surface area contributed by atoms with Gasteiger partial charge in [-0.25, -0.2) is 4.68 Å². The first-order valence-corrected chi connectivity index (χ1v) is 9.75. The van der Waals surface area contributed by atoms with E-state index in [1.54, 1.807) is 13.3 Å². The van der Waals surface area contributed by atoms with Gasteiger partial charge in [0.25, 0.3) is 5.56 Å². The third kappa shape index (κ3) is 3.60. The van der Waals surface area contributed by atoms with Crippen molar-refractivity contribution in [2.45, 2.75) is 39.5 Å². The molecule has 0 spiro atoms. The fraction of sp³-hybridized carbons (Fsp3) is 0.364. The SMILES string of the molecule is CCn1c2c(c(=O)n1Cc1ccccc1)CCN(Cc1cncc(OC)c1)C2. The highest BCUT2D eigenvalue weighted by Gasteiger charge is 2.25. The fourth-order valence-electron chi connectivity index (χ4n) is 4.01. The average molecular weight is 378 g/mol. The molecule has 0 unspecified atom stereocenters. The van der Waals surface area contributed by atoms with Crippen molar-refractivity contribution in [3.05, 3.63) is 81.5 Å². The summed E-state index contributed by atoms with van der Waals surface area (Å²) in [4.78, 5) is 19.7. The molecule has 0 bridgehead atoms. The van der Waals surface area contributed by atoms with E-state index in [4.69, 9.17) is 4.74 Å². The van der Waals surface area contributed by atoms with E-state index in [2.05, 4.69) is 33.6 Å². The molecule has 0 fully saturated rings. The Balaban J connectivity index is 1.59. The summed E-state index contributed by atoms with van der Waals surface area (Å²) < 4.78 is 9.34. The average Bonchev–Trinajstić information content (AvgIpc) is 2.99. The van der Waals surface area contributed by atoms with Crippen LogP contribution in [0.2, 0.25) is 0 Å². The molecule has 3 heterocycles. The summed E-state index contributed by atoms with van der Waals surface area (Å²) in [6.07, 6.45) is 4.38. The minimum atomic E-state index is 0.156. The molecule has 0 radical (unpaired) electrons. The lowest BCUT2D eigenvalue weighted by Crippen LogP contribution is -2.32. The molecule has 3 aromatic rings. The van der Waals surface area contributed by atoms with Gasteiger partial charge in [0.15, 0.2) is 0 Å². The zero-order valence-electron chi connectivity index (χ0n) is 16.5. The van der Waals surface area contributed by atoms with Gasteiger partial charge in [0.05, 0.1) is 25.5 Å².